The fourth-order valence-corrected chi connectivity index (χ4v) is 11.9. The third-order valence-electron chi connectivity index (χ3n) is 10.8. The molecule has 1 aliphatic heterocycles. The lowest BCUT2D eigenvalue weighted by molar-refractivity contribution is 0.593. The van der Waals surface area contributed by atoms with E-state index in [9.17, 15) is 0 Å². The van der Waals surface area contributed by atoms with Crippen LogP contribution < -0.4 is 15.9 Å². The van der Waals surface area contributed by atoms with Crippen molar-refractivity contribution in [3.8, 4) is 39.1 Å². The van der Waals surface area contributed by atoms with Crippen molar-refractivity contribution in [2.24, 2.45) is 0 Å². The predicted molar refractivity (Wildman–Crippen MR) is 202 cm³/mol. The van der Waals surface area contributed by atoms with Crippen molar-refractivity contribution in [3.63, 3.8) is 0 Å². The summed E-state index contributed by atoms with van der Waals surface area (Å²) in [6.45, 7) is 4.66. The summed E-state index contributed by atoms with van der Waals surface area (Å²) in [5, 5.41) is 5.02. The van der Waals surface area contributed by atoms with Crippen LogP contribution in [0.4, 0.5) is 0 Å². The van der Waals surface area contributed by atoms with Crippen LogP contribution in [-0.4, -0.2) is 4.57 Å². The lowest BCUT2D eigenvalue weighted by Crippen LogP contribution is -2.22. The smallest absolute Gasteiger partial charge is 0.174 e. The first-order valence-electron chi connectivity index (χ1n) is 16.6. The van der Waals surface area contributed by atoms with Crippen molar-refractivity contribution in [3.05, 3.63) is 169 Å². The molecule has 7 aromatic carbocycles. The Labute approximate surface area is 280 Å². The Balaban J connectivity index is 1.23. The van der Waals surface area contributed by atoms with E-state index in [2.05, 4.69) is 140 Å². The van der Waals surface area contributed by atoms with Gasteiger partial charge in [0.15, 0.2) is 7.14 Å². The van der Waals surface area contributed by atoms with E-state index in [0.717, 1.165) is 54.5 Å². The van der Waals surface area contributed by atoms with Gasteiger partial charge in [-0.15, -0.1) is 0 Å². The van der Waals surface area contributed by atoms with Crippen LogP contribution >= 0.6 is 7.14 Å². The molecule has 228 valence electrons. The fraction of sp³-hybridized carbons (Fsp3) is 0.0667. The zero-order valence-corrected chi connectivity index (χ0v) is 27.7. The number of benzene rings is 7. The van der Waals surface area contributed by atoms with E-state index in [1.54, 1.807) is 0 Å². The molecule has 0 N–H and O–H groups in total. The second-order valence-corrected chi connectivity index (χ2v) is 16.3. The summed E-state index contributed by atoms with van der Waals surface area (Å²) in [5.41, 5.74) is 13.1. The van der Waals surface area contributed by atoms with Gasteiger partial charge in [-0.25, -0.2) is 0 Å². The van der Waals surface area contributed by atoms with Gasteiger partial charge >= 0.3 is 0 Å². The number of nitrogens with zero attached hydrogens (tertiary/aromatic N) is 1. The number of aromatic nitrogens is 1. The fourth-order valence-electron chi connectivity index (χ4n) is 8.63. The summed E-state index contributed by atoms with van der Waals surface area (Å²) < 4.78 is 18.2. The number of hydrogen-bond acceptors (Lipinski definition) is 1. The van der Waals surface area contributed by atoms with Crippen molar-refractivity contribution >= 4 is 44.9 Å². The summed E-state index contributed by atoms with van der Waals surface area (Å²) in [5.74, 6) is 0. The van der Waals surface area contributed by atoms with Crippen molar-refractivity contribution in [1.82, 2.24) is 4.57 Å². The Bertz CT molecular complexity index is 2660. The Morgan fingerprint density at radius 1 is 0.521 bits per heavy atom. The molecule has 48 heavy (non-hydrogen) atoms. The second kappa shape index (κ2) is 9.80. The number of fused-ring (bicyclic) bond motifs is 10. The topological polar surface area (TPSA) is 22.0 Å². The van der Waals surface area contributed by atoms with Crippen LogP contribution in [0.1, 0.15) is 25.0 Å². The maximum atomic E-state index is 15.8. The van der Waals surface area contributed by atoms with Crippen LogP contribution in [0.5, 0.6) is 0 Å². The minimum absolute atomic E-state index is 0.0461. The maximum Gasteiger partial charge on any atom is 0.174 e. The van der Waals surface area contributed by atoms with Crippen molar-refractivity contribution in [2.45, 2.75) is 19.3 Å². The van der Waals surface area contributed by atoms with Crippen molar-refractivity contribution < 1.29 is 4.57 Å². The highest BCUT2D eigenvalue weighted by molar-refractivity contribution is 7.86. The summed E-state index contributed by atoms with van der Waals surface area (Å²) >= 11 is 0. The molecule has 2 nitrogen and oxygen atoms in total. The third kappa shape index (κ3) is 3.51. The summed E-state index contributed by atoms with van der Waals surface area (Å²) in [7, 11) is -3.18. The van der Waals surface area contributed by atoms with Crippen molar-refractivity contribution in [1.29, 1.82) is 0 Å². The van der Waals surface area contributed by atoms with Gasteiger partial charge in [0.25, 0.3) is 0 Å². The highest BCUT2D eigenvalue weighted by Crippen LogP contribution is 2.55. The van der Waals surface area contributed by atoms with Gasteiger partial charge in [-0.1, -0.05) is 153 Å². The molecule has 1 atom stereocenters. The third-order valence-corrected chi connectivity index (χ3v) is 14.0. The number of hydrogen-bond donors (Lipinski definition) is 0. The predicted octanol–water partition coefficient (Wildman–Crippen LogP) is 10.4. The highest BCUT2D eigenvalue weighted by atomic mass is 31.2. The summed E-state index contributed by atoms with van der Waals surface area (Å²) in [6, 6.07) is 55.9. The van der Waals surface area contributed by atoms with Gasteiger partial charge < -0.3 is 9.13 Å². The maximum absolute atomic E-state index is 15.8. The molecular formula is C45H32NOP. The molecule has 0 saturated carbocycles. The van der Waals surface area contributed by atoms with Crippen LogP contribution in [0.25, 0.3) is 60.9 Å². The SMILES string of the molecule is CC1(C)c2ccccc2-c2c(-c3ccc(-n4c5ccccc5c5ccc6c(c54)P(=O)(c4ccccc4)c4ccccc4-6)cc3)cccc21. The normalized spacial score (nSPS) is 16.9. The van der Waals surface area contributed by atoms with Gasteiger partial charge in [0.2, 0.25) is 0 Å². The van der Waals surface area contributed by atoms with Gasteiger partial charge in [-0.05, 0) is 62.7 Å². The molecule has 10 rings (SSSR count). The molecule has 1 aromatic heterocycles. The minimum Gasteiger partial charge on any atom is -0.309 e. The molecule has 1 unspecified atom stereocenters. The van der Waals surface area contributed by atoms with Crippen LogP contribution in [0.3, 0.4) is 0 Å². The van der Waals surface area contributed by atoms with E-state index in [-0.39, 0.29) is 5.41 Å². The molecule has 0 saturated heterocycles. The lowest BCUT2D eigenvalue weighted by Gasteiger charge is -2.21. The Hall–Kier alpha value is -5.43. The molecule has 0 bridgehead atoms. The van der Waals surface area contributed by atoms with E-state index < -0.39 is 7.14 Å². The van der Waals surface area contributed by atoms with Crippen LogP contribution in [0.15, 0.2) is 158 Å². The molecule has 0 spiro atoms. The molecule has 0 radical (unpaired) electrons. The average molecular weight is 634 g/mol. The Kier molecular flexibility index (Phi) is 5.65. The monoisotopic (exact) mass is 633 g/mol. The quantitative estimate of drug-likeness (QED) is 0.178. The van der Waals surface area contributed by atoms with Crippen molar-refractivity contribution in [2.75, 3.05) is 0 Å². The molecule has 1 aliphatic carbocycles. The first-order chi connectivity index (χ1) is 23.5. The number of para-hydroxylation sites is 1. The standard InChI is InChI=1S/C45H32NOP/c1-45(2)38-19-9-6-17-37(38)42-32(18-12-20-39(42)45)29-23-25-30(26-24-29)46-40-21-10-7-15-33(40)35-27-28-36-34-16-8-11-22-41(34)48(47,44(36)43(35)46)31-13-4-3-5-14-31/h3-28H,1-2H3. The summed E-state index contributed by atoms with van der Waals surface area (Å²) in [6.07, 6.45) is 0. The molecule has 3 heteroatoms. The van der Waals surface area contributed by atoms with Gasteiger partial charge in [0.05, 0.1) is 16.3 Å². The van der Waals surface area contributed by atoms with E-state index in [1.807, 2.05) is 36.4 Å². The van der Waals surface area contributed by atoms with Gasteiger partial charge in [0.1, 0.15) is 0 Å². The van der Waals surface area contributed by atoms with Gasteiger partial charge in [-0.2, -0.15) is 0 Å². The molecule has 0 fully saturated rings. The second-order valence-electron chi connectivity index (χ2n) is 13.6. The Morgan fingerprint density at radius 2 is 1.19 bits per heavy atom. The minimum atomic E-state index is -3.18. The molecular weight excluding hydrogens is 601 g/mol. The molecule has 2 heterocycles. The summed E-state index contributed by atoms with van der Waals surface area (Å²) in [4.78, 5) is 0. The zero-order valence-electron chi connectivity index (χ0n) is 26.8. The molecule has 2 aliphatic rings. The van der Waals surface area contributed by atoms with E-state index in [1.165, 1.54) is 33.4 Å². The van der Waals surface area contributed by atoms with Crippen LogP contribution in [0.2, 0.25) is 0 Å². The first-order valence-corrected chi connectivity index (χ1v) is 18.3. The lowest BCUT2D eigenvalue weighted by atomic mass is 9.82. The highest BCUT2D eigenvalue weighted by Gasteiger charge is 2.43. The average Bonchev–Trinajstić information content (AvgIpc) is 3.70. The first kappa shape index (κ1) is 27.7. The van der Waals surface area contributed by atoms with Gasteiger partial charge in [0, 0.05) is 32.5 Å². The van der Waals surface area contributed by atoms with E-state index in [0.29, 0.717) is 0 Å². The zero-order chi connectivity index (χ0) is 32.2. The Morgan fingerprint density at radius 3 is 2.02 bits per heavy atom. The van der Waals surface area contributed by atoms with E-state index >= 15 is 4.57 Å². The molecule has 8 aromatic rings. The molecule has 0 amide bonds. The van der Waals surface area contributed by atoms with E-state index in [4.69, 9.17) is 0 Å². The number of rotatable bonds is 3. The largest absolute Gasteiger partial charge is 0.309 e. The van der Waals surface area contributed by atoms with Gasteiger partial charge in [-0.3, -0.25) is 0 Å². The van der Waals surface area contributed by atoms with Crippen LogP contribution in [0, 0.1) is 0 Å². The van der Waals surface area contributed by atoms with Crippen LogP contribution in [-0.2, 0) is 9.98 Å².